The van der Waals surface area contributed by atoms with Gasteiger partial charge in [-0.25, -0.2) is 9.99 Å². The van der Waals surface area contributed by atoms with Crippen molar-refractivity contribution in [1.29, 1.82) is 0 Å². The Morgan fingerprint density at radius 2 is 2.08 bits per heavy atom. The summed E-state index contributed by atoms with van der Waals surface area (Å²) in [6, 6.07) is 0.777. The van der Waals surface area contributed by atoms with Crippen LogP contribution in [0.3, 0.4) is 0 Å². The summed E-state index contributed by atoms with van der Waals surface area (Å²) in [6.45, 7) is 0.375. The second-order valence-corrected chi connectivity index (χ2v) is 5.61. The average Bonchev–Trinajstić information content (AvgIpc) is 2.54. The number of pyridine rings is 1. The van der Waals surface area contributed by atoms with Gasteiger partial charge in [0.1, 0.15) is 11.5 Å². The van der Waals surface area contributed by atoms with Crippen LogP contribution >= 0.6 is 11.6 Å². The lowest BCUT2D eigenvalue weighted by Gasteiger charge is -2.19. The Labute approximate surface area is 146 Å². The van der Waals surface area contributed by atoms with E-state index in [0.29, 0.717) is 6.20 Å². The van der Waals surface area contributed by atoms with Crippen molar-refractivity contribution >= 4 is 34.9 Å². The Hall–Kier alpha value is -2.36. The number of amides is 2. The molecule has 2 N–H and O–H groups in total. The molecule has 0 saturated heterocycles. The zero-order valence-corrected chi connectivity index (χ0v) is 13.9. The summed E-state index contributed by atoms with van der Waals surface area (Å²) in [5.74, 6) is -0.488. The van der Waals surface area contributed by atoms with Gasteiger partial charge >= 0.3 is 6.18 Å². The standard InChI is InChI=1S/C14H15ClF3N5O2/c1-23-11(24)3-2-10(22-23)13(25)20-5-4-19-12-9(15)6-8(7-21-12)14(16,17)18/h6-7H,2-5H2,1H3,(H,19,21)(H,20,25). The smallest absolute Gasteiger partial charge is 0.367 e. The van der Waals surface area contributed by atoms with Gasteiger partial charge in [-0.1, -0.05) is 11.6 Å². The molecule has 7 nitrogen and oxygen atoms in total. The Morgan fingerprint density at radius 3 is 2.68 bits per heavy atom. The number of hydrogen-bond donors (Lipinski definition) is 2. The molecular weight excluding hydrogens is 363 g/mol. The van der Waals surface area contributed by atoms with Crippen molar-refractivity contribution in [1.82, 2.24) is 15.3 Å². The first-order valence-corrected chi connectivity index (χ1v) is 7.65. The maximum atomic E-state index is 12.5. The molecule has 1 aromatic heterocycles. The molecule has 0 unspecified atom stereocenters. The van der Waals surface area contributed by atoms with Crippen molar-refractivity contribution in [2.24, 2.45) is 5.10 Å². The maximum absolute atomic E-state index is 12.5. The molecular formula is C14H15ClF3N5O2. The molecule has 1 aromatic rings. The highest BCUT2D eigenvalue weighted by molar-refractivity contribution is 6.39. The number of alkyl halides is 3. The summed E-state index contributed by atoms with van der Waals surface area (Å²) >= 11 is 5.76. The van der Waals surface area contributed by atoms with Crippen LogP contribution in [-0.4, -0.2) is 47.7 Å². The van der Waals surface area contributed by atoms with Gasteiger partial charge < -0.3 is 10.6 Å². The van der Waals surface area contributed by atoms with Gasteiger partial charge in [0.2, 0.25) is 5.91 Å². The summed E-state index contributed by atoms with van der Waals surface area (Å²) in [5, 5.41) is 10.1. The van der Waals surface area contributed by atoms with Crippen LogP contribution in [0.1, 0.15) is 18.4 Å². The predicted molar refractivity (Wildman–Crippen MR) is 85.2 cm³/mol. The van der Waals surface area contributed by atoms with E-state index in [9.17, 15) is 22.8 Å². The average molecular weight is 378 g/mol. The zero-order chi connectivity index (χ0) is 18.6. The summed E-state index contributed by atoms with van der Waals surface area (Å²) in [6.07, 6.45) is -3.37. The van der Waals surface area contributed by atoms with Gasteiger partial charge in [-0.05, 0) is 6.07 Å². The number of rotatable bonds is 5. The highest BCUT2D eigenvalue weighted by Crippen LogP contribution is 2.32. The lowest BCUT2D eigenvalue weighted by molar-refractivity contribution is -0.137. The normalized spacial score (nSPS) is 15.0. The Kier molecular flexibility index (Phi) is 5.83. The van der Waals surface area contributed by atoms with Crippen molar-refractivity contribution in [3.05, 3.63) is 22.8 Å². The molecule has 1 aliphatic heterocycles. The number of anilines is 1. The van der Waals surface area contributed by atoms with E-state index in [-0.39, 0.29) is 48.4 Å². The molecule has 2 amide bonds. The molecule has 25 heavy (non-hydrogen) atoms. The van der Waals surface area contributed by atoms with E-state index in [1.807, 2.05) is 0 Å². The number of halogens is 4. The fraction of sp³-hybridized carbons (Fsp3) is 0.429. The van der Waals surface area contributed by atoms with E-state index < -0.39 is 17.6 Å². The van der Waals surface area contributed by atoms with Gasteiger partial charge in [0.15, 0.2) is 0 Å². The number of nitrogens with one attached hydrogen (secondary N) is 2. The van der Waals surface area contributed by atoms with E-state index >= 15 is 0 Å². The summed E-state index contributed by atoms with van der Waals surface area (Å²) in [7, 11) is 1.47. The molecule has 0 aliphatic carbocycles. The van der Waals surface area contributed by atoms with Crippen LogP contribution in [0.5, 0.6) is 0 Å². The highest BCUT2D eigenvalue weighted by Gasteiger charge is 2.31. The first kappa shape index (κ1) is 19.0. The van der Waals surface area contributed by atoms with Gasteiger partial charge in [0.05, 0.1) is 10.6 Å². The van der Waals surface area contributed by atoms with E-state index in [1.54, 1.807) is 0 Å². The van der Waals surface area contributed by atoms with Gasteiger partial charge in [-0.15, -0.1) is 0 Å². The van der Waals surface area contributed by atoms with Crippen LogP contribution in [-0.2, 0) is 15.8 Å². The molecule has 0 fully saturated rings. The van der Waals surface area contributed by atoms with Gasteiger partial charge in [-0.3, -0.25) is 9.59 Å². The first-order chi connectivity index (χ1) is 11.7. The molecule has 1 aliphatic rings. The van der Waals surface area contributed by atoms with Crippen molar-refractivity contribution in [2.75, 3.05) is 25.5 Å². The van der Waals surface area contributed by atoms with Crippen LogP contribution in [0.2, 0.25) is 5.02 Å². The Morgan fingerprint density at radius 1 is 1.36 bits per heavy atom. The molecule has 0 bridgehead atoms. The zero-order valence-electron chi connectivity index (χ0n) is 13.2. The first-order valence-electron chi connectivity index (χ1n) is 7.27. The predicted octanol–water partition coefficient (Wildman–Crippen LogP) is 1.89. The quantitative estimate of drug-likeness (QED) is 0.767. The SMILES string of the molecule is CN1N=C(C(=O)NCCNc2ncc(C(F)(F)F)cc2Cl)CCC1=O. The molecule has 2 rings (SSSR count). The van der Waals surface area contributed by atoms with Gasteiger partial charge in [0.25, 0.3) is 5.91 Å². The molecule has 0 aromatic carbocycles. The summed E-state index contributed by atoms with van der Waals surface area (Å²) in [4.78, 5) is 26.8. The molecule has 0 atom stereocenters. The second kappa shape index (κ2) is 7.68. The summed E-state index contributed by atoms with van der Waals surface area (Å²) < 4.78 is 37.6. The van der Waals surface area contributed by atoms with Crippen molar-refractivity contribution in [3.8, 4) is 0 Å². The van der Waals surface area contributed by atoms with Crippen molar-refractivity contribution in [3.63, 3.8) is 0 Å². The van der Waals surface area contributed by atoms with E-state index in [1.165, 1.54) is 7.05 Å². The fourth-order valence-corrected chi connectivity index (χ4v) is 2.25. The topological polar surface area (TPSA) is 86.7 Å². The van der Waals surface area contributed by atoms with Crippen LogP contribution in [0.15, 0.2) is 17.4 Å². The van der Waals surface area contributed by atoms with Crippen molar-refractivity contribution < 1.29 is 22.8 Å². The minimum absolute atomic E-state index is 0.0873. The van der Waals surface area contributed by atoms with Crippen LogP contribution in [0, 0.1) is 0 Å². The molecule has 136 valence electrons. The Bertz CT molecular complexity index is 708. The number of carbonyl (C=O) groups excluding carboxylic acids is 2. The highest BCUT2D eigenvalue weighted by atomic mass is 35.5. The van der Waals surface area contributed by atoms with E-state index in [0.717, 1.165) is 11.1 Å². The monoisotopic (exact) mass is 377 g/mol. The molecule has 11 heteroatoms. The third-order valence-corrected chi connectivity index (χ3v) is 3.63. The van der Waals surface area contributed by atoms with Gasteiger partial charge in [-0.2, -0.15) is 18.3 Å². The number of hydrazone groups is 1. The van der Waals surface area contributed by atoms with Gasteiger partial charge in [0, 0.05) is 39.2 Å². The minimum atomic E-state index is -4.52. The largest absolute Gasteiger partial charge is 0.417 e. The third-order valence-electron chi connectivity index (χ3n) is 3.34. The van der Waals surface area contributed by atoms with E-state index in [4.69, 9.17) is 11.6 Å². The molecule has 0 spiro atoms. The number of aromatic nitrogens is 1. The van der Waals surface area contributed by atoms with Crippen LogP contribution in [0.4, 0.5) is 19.0 Å². The number of nitrogens with zero attached hydrogens (tertiary/aromatic N) is 3. The fourth-order valence-electron chi connectivity index (χ4n) is 2.01. The maximum Gasteiger partial charge on any atom is 0.417 e. The molecule has 2 heterocycles. The third kappa shape index (κ3) is 5.05. The van der Waals surface area contributed by atoms with Crippen LogP contribution in [0.25, 0.3) is 0 Å². The molecule has 0 radical (unpaired) electrons. The second-order valence-electron chi connectivity index (χ2n) is 5.20. The van der Waals surface area contributed by atoms with E-state index in [2.05, 4.69) is 20.7 Å². The lowest BCUT2D eigenvalue weighted by Crippen LogP contribution is -2.39. The molecule has 0 saturated carbocycles. The lowest BCUT2D eigenvalue weighted by atomic mass is 10.1. The van der Waals surface area contributed by atoms with Crippen molar-refractivity contribution in [2.45, 2.75) is 19.0 Å². The number of hydrogen-bond acceptors (Lipinski definition) is 5. The minimum Gasteiger partial charge on any atom is -0.367 e. The van der Waals surface area contributed by atoms with Crippen LogP contribution < -0.4 is 10.6 Å². The Balaban J connectivity index is 1.82. The number of carbonyl (C=O) groups is 2. The summed E-state index contributed by atoms with van der Waals surface area (Å²) in [5.41, 5.74) is -0.696.